The van der Waals surface area contributed by atoms with E-state index >= 15 is 0 Å². The molecule has 68 valence electrons. The van der Waals surface area contributed by atoms with Gasteiger partial charge in [-0.05, 0) is 25.7 Å². The second kappa shape index (κ2) is 3.30. The van der Waals surface area contributed by atoms with Crippen molar-refractivity contribution in [3.05, 3.63) is 12.7 Å². The summed E-state index contributed by atoms with van der Waals surface area (Å²) in [5.41, 5.74) is -0.309. The minimum Gasteiger partial charge on any atom is -0.469 e. The second-order valence-corrected chi connectivity index (χ2v) is 3.64. The molecule has 1 fully saturated rings. The highest BCUT2D eigenvalue weighted by molar-refractivity contribution is 5.77. The molecule has 0 aliphatic heterocycles. The summed E-state index contributed by atoms with van der Waals surface area (Å²) in [6, 6.07) is 0. The lowest BCUT2D eigenvalue weighted by atomic mass is 9.80. The summed E-state index contributed by atoms with van der Waals surface area (Å²) in [4.78, 5) is 11.4. The lowest BCUT2D eigenvalue weighted by molar-refractivity contribution is -0.153. The third-order valence-electron chi connectivity index (χ3n) is 2.97. The van der Waals surface area contributed by atoms with Gasteiger partial charge < -0.3 is 4.74 Å². The van der Waals surface area contributed by atoms with Gasteiger partial charge in [-0.25, -0.2) is 0 Å². The van der Waals surface area contributed by atoms with Crippen LogP contribution >= 0.6 is 0 Å². The predicted octanol–water partition coefficient (Wildman–Crippen LogP) is 2.15. The van der Waals surface area contributed by atoms with Crippen LogP contribution in [-0.2, 0) is 9.53 Å². The molecule has 1 aliphatic carbocycles. The fraction of sp³-hybridized carbons (Fsp3) is 0.700. The highest BCUT2D eigenvalue weighted by atomic mass is 16.5. The highest BCUT2D eigenvalue weighted by Gasteiger charge is 2.44. The maximum absolute atomic E-state index is 11.4. The molecule has 0 aromatic heterocycles. The van der Waals surface area contributed by atoms with Crippen LogP contribution in [0.4, 0.5) is 0 Å². The SMILES string of the molecule is C=CC1CCCC1(C)C(=O)OC. The molecule has 0 spiro atoms. The Morgan fingerprint density at radius 2 is 2.42 bits per heavy atom. The van der Waals surface area contributed by atoms with Gasteiger partial charge in [-0.15, -0.1) is 6.58 Å². The van der Waals surface area contributed by atoms with Gasteiger partial charge in [0.15, 0.2) is 0 Å². The lowest BCUT2D eigenvalue weighted by Crippen LogP contribution is -2.31. The van der Waals surface area contributed by atoms with Gasteiger partial charge in [0.2, 0.25) is 0 Å². The molecule has 0 aromatic carbocycles. The number of hydrogen-bond acceptors (Lipinski definition) is 2. The van der Waals surface area contributed by atoms with Crippen molar-refractivity contribution in [2.24, 2.45) is 11.3 Å². The first kappa shape index (κ1) is 9.30. The van der Waals surface area contributed by atoms with E-state index in [1.54, 1.807) is 0 Å². The predicted molar refractivity (Wildman–Crippen MR) is 47.7 cm³/mol. The zero-order valence-electron chi connectivity index (χ0n) is 7.80. The van der Waals surface area contributed by atoms with Crippen molar-refractivity contribution in [2.75, 3.05) is 7.11 Å². The van der Waals surface area contributed by atoms with Gasteiger partial charge in [0.05, 0.1) is 12.5 Å². The molecule has 2 atom stereocenters. The first-order valence-electron chi connectivity index (χ1n) is 4.36. The zero-order valence-corrected chi connectivity index (χ0v) is 7.80. The molecule has 0 aromatic rings. The van der Waals surface area contributed by atoms with E-state index in [1.807, 2.05) is 13.0 Å². The zero-order chi connectivity index (χ0) is 9.19. The second-order valence-electron chi connectivity index (χ2n) is 3.64. The number of carbonyl (C=O) groups is 1. The summed E-state index contributed by atoms with van der Waals surface area (Å²) in [6.07, 6.45) is 4.97. The normalized spacial score (nSPS) is 34.7. The van der Waals surface area contributed by atoms with Gasteiger partial charge in [0, 0.05) is 0 Å². The Hall–Kier alpha value is -0.790. The largest absolute Gasteiger partial charge is 0.469 e. The number of allylic oxidation sites excluding steroid dienone is 1. The van der Waals surface area contributed by atoms with E-state index in [-0.39, 0.29) is 11.4 Å². The van der Waals surface area contributed by atoms with Gasteiger partial charge in [-0.1, -0.05) is 12.5 Å². The molecule has 1 rings (SSSR count). The number of hydrogen-bond donors (Lipinski definition) is 0. The molecule has 12 heavy (non-hydrogen) atoms. The monoisotopic (exact) mass is 168 g/mol. The molecule has 2 nitrogen and oxygen atoms in total. The van der Waals surface area contributed by atoms with E-state index in [0.29, 0.717) is 5.92 Å². The molecular formula is C10H16O2. The Morgan fingerprint density at radius 3 is 2.92 bits per heavy atom. The van der Waals surface area contributed by atoms with Crippen LogP contribution in [0.1, 0.15) is 26.2 Å². The molecule has 0 saturated heterocycles. The average Bonchev–Trinajstić information content (AvgIpc) is 2.46. The van der Waals surface area contributed by atoms with Crippen molar-refractivity contribution in [3.63, 3.8) is 0 Å². The van der Waals surface area contributed by atoms with Crippen molar-refractivity contribution < 1.29 is 9.53 Å². The Bertz CT molecular complexity index is 198. The van der Waals surface area contributed by atoms with E-state index in [0.717, 1.165) is 19.3 Å². The Labute approximate surface area is 73.6 Å². The molecule has 0 amide bonds. The number of methoxy groups -OCH3 is 1. The maximum Gasteiger partial charge on any atom is 0.312 e. The van der Waals surface area contributed by atoms with Crippen LogP contribution in [0.3, 0.4) is 0 Å². The van der Waals surface area contributed by atoms with Gasteiger partial charge >= 0.3 is 5.97 Å². The number of ether oxygens (including phenoxy) is 1. The summed E-state index contributed by atoms with van der Waals surface area (Å²) in [5.74, 6) is 0.204. The number of esters is 1. The maximum atomic E-state index is 11.4. The van der Waals surface area contributed by atoms with Gasteiger partial charge in [0.1, 0.15) is 0 Å². The first-order chi connectivity index (χ1) is 5.65. The molecule has 2 unspecified atom stereocenters. The smallest absolute Gasteiger partial charge is 0.312 e. The Kier molecular flexibility index (Phi) is 2.55. The third-order valence-corrected chi connectivity index (χ3v) is 2.97. The lowest BCUT2D eigenvalue weighted by Gasteiger charge is -2.25. The van der Waals surface area contributed by atoms with E-state index in [1.165, 1.54) is 7.11 Å². The summed E-state index contributed by atoms with van der Waals surface area (Å²) in [7, 11) is 1.45. The fourth-order valence-corrected chi connectivity index (χ4v) is 2.06. The van der Waals surface area contributed by atoms with Crippen LogP contribution in [0.15, 0.2) is 12.7 Å². The highest BCUT2D eigenvalue weighted by Crippen LogP contribution is 2.44. The van der Waals surface area contributed by atoms with Crippen molar-refractivity contribution >= 4 is 5.97 Å². The van der Waals surface area contributed by atoms with E-state index < -0.39 is 0 Å². The molecule has 1 saturated carbocycles. The van der Waals surface area contributed by atoms with Crippen molar-refractivity contribution in [1.29, 1.82) is 0 Å². The summed E-state index contributed by atoms with van der Waals surface area (Å²) >= 11 is 0. The first-order valence-corrected chi connectivity index (χ1v) is 4.36. The standard InChI is InChI=1S/C10H16O2/c1-4-8-6-5-7-10(8,2)9(11)12-3/h4,8H,1,5-7H2,2-3H3. The molecule has 0 heterocycles. The van der Waals surface area contributed by atoms with Crippen molar-refractivity contribution in [2.45, 2.75) is 26.2 Å². The molecule has 0 N–H and O–H groups in total. The van der Waals surface area contributed by atoms with Gasteiger partial charge in [0.25, 0.3) is 0 Å². The van der Waals surface area contributed by atoms with Gasteiger partial charge in [-0.3, -0.25) is 4.79 Å². The molecule has 0 bridgehead atoms. The molecule has 0 radical (unpaired) electrons. The van der Waals surface area contributed by atoms with Crippen molar-refractivity contribution in [3.8, 4) is 0 Å². The Balaban J connectivity index is 2.80. The number of rotatable bonds is 2. The molecular weight excluding hydrogens is 152 g/mol. The average molecular weight is 168 g/mol. The van der Waals surface area contributed by atoms with E-state index in [2.05, 4.69) is 6.58 Å². The summed E-state index contributed by atoms with van der Waals surface area (Å²) in [5, 5.41) is 0. The van der Waals surface area contributed by atoms with Crippen LogP contribution in [0.5, 0.6) is 0 Å². The van der Waals surface area contributed by atoms with E-state index in [4.69, 9.17) is 4.74 Å². The molecule has 1 aliphatic rings. The topological polar surface area (TPSA) is 26.3 Å². The quantitative estimate of drug-likeness (QED) is 0.466. The van der Waals surface area contributed by atoms with Crippen LogP contribution in [-0.4, -0.2) is 13.1 Å². The van der Waals surface area contributed by atoms with Crippen LogP contribution in [0.25, 0.3) is 0 Å². The number of carbonyl (C=O) groups excluding carboxylic acids is 1. The van der Waals surface area contributed by atoms with E-state index in [9.17, 15) is 4.79 Å². The third kappa shape index (κ3) is 1.26. The van der Waals surface area contributed by atoms with Crippen LogP contribution in [0, 0.1) is 11.3 Å². The summed E-state index contributed by atoms with van der Waals surface area (Å²) < 4.78 is 4.78. The minimum absolute atomic E-state index is 0.0927. The molecule has 2 heteroatoms. The van der Waals surface area contributed by atoms with Crippen LogP contribution in [0.2, 0.25) is 0 Å². The fourth-order valence-electron chi connectivity index (χ4n) is 2.06. The van der Waals surface area contributed by atoms with Gasteiger partial charge in [-0.2, -0.15) is 0 Å². The minimum atomic E-state index is -0.309. The van der Waals surface area contributed by atoms with Crippen LogP contribution < -0.4 is 0 Å². The van der Waals surface area contributed by atoms with Crippen molar-refractivity contribution in [1.82, 2.24) is 0 Å². The Morgan fingerprint density at radius 1 is 1.75 bits per heavy atom. The summed E-state index contributed by atoms with van der Waals surface area (Å²) in [6.45, 7) is 5.72.